The smallest absolute Gasteiger partial charge is 0.0661 e. The molecule has 0 radical (unpaired) electrons. The van der Waals surface area contributed by atoms with Crippen LogP contribution in [-0.4, -0.2) is 5.75 Å². The SMILES string of the molecule is CC(C#N)CS/C=C/C(C)(C)C. The standard InChI is InChI=1S/C10H17NS/c1-9(7-11)8-12-6-5-10(2,3)4/h5-6,9H,8H2,1-4H3/b6-5+. The molecule has 1 atom stereocenters. The molecule has 0 heterocycles. The van der Waals surface area contributed by atoms with Crippen LogP contribution >= 0.6 is 11.8 Å². The summed E-state index contributed by atoms with van der Waals surface area (Å²) in [5.41, 5.74) is 0.253. The summed E-state index contributed by atoms with van der Waals surface area (Å²) in [6.45, 7) is 8.44. The van der Waals surface area contributed by atoms with Gasteiger partial charge in [0.25, 0.3) is 0 Å². The van der Waals surface area contributed by atoms with Crippen molar-refractivity contribution >= 4 is 11.8 Å². The molecular weight excluding hydrogens is 166 g/mol. The Balaban J connectivity index is 3.58. The van der Waals surface area contributed by atoms with Crippen molar-refractivity contribution in [2.45, 2.75) is 27.7 Å². The summed E-state index contributed by atoms with van der Waals surface area (Å²) in [6, 6.07) is 2.21. The topological polar surface area (TPSA) is 23.8 Å². The van der Waals surface area contributed by atoms with Gasteiger partial charge in [-0.05, 0) is 17.7 Å². The van der Waals surface area contributed by atoms with E-state index in [9.17, 15) is 0 Å². The van der Waals surface area contributed by atoms with E-state index in [2.05, 4.69) is 38.3 Å². The number of hydrogen-bond acceptors (Lipinski definition) is 2. The number of nitrogens with zero attached hydrogens (tertiary/aromatic N) is 1. The van der Waals surface area contributed by atoms with Gasteiger partial charge in [0, 0.05) is 5.75 Å². The van der Waals surface area contributed by atoms with Crippen LogP contribution in [0.4, 0.5) is 0 Å². The van der Waals surface area contributed by atoms with Gasteiger partial charge < -0.3 is 0 Å². The summed E-state index contributed by atoms with van der Waals surface area (Å²) < 4.78 is 0. The van der Waals surface area contributed by atoms with Crippen molar-refractivity contribution in [1.82, 2.24) is 0 Å². The number of allylic oxidation sites excluding steroid dienone is 1. The molecule has 0 rings (SSSR count). The molecule has 12 heavy (non-hydrogen) atoms. The molecule has 2 heteroatoms. The summed E-state index contributed by atoms with van der Waals surface area (Å²) in [6.07, 6.45) is 2.17. The van der Waals surface area contributed by atoms with E-state index in [4.69, 9.17) is 5.26 Å². The number of hydrogen-bond donors (Lipinski definition) is 0. The molecular formula is C10H17NS. The van der Waals surface area contributed by atoms with E-state index in [0.717, 1.165) is 5.75 Å². The molecule has 0 saturated carbocycles. The first kappa shape index (κ1) is 11.6. The third kappa shape index (κ3) is 7.68. The fourth-order valence-corrected chi connectivity index (χ4v) is 1.47. The fraction of sp³-hybridized carbons (Fsp3) is 0.700. The average Bonchev–Trinajstić information content (AvgIpc) is 1.96. The lowest BCUT2D eigenvalue weighted by Crippen LogP contribution is -1.98. The van der Waals surface area contributed by atoms with Gasteiger partial charge in [-0.25, -0.2) is 0 Å². The maximum atomic E-state index is 8.51. The van der Waals surface area contributed by atoms with Crippen molar-refractivity contribution in [1.29, 1.82) is 5.26 Å². The lowest BCUT2D eigenvalue weighted by atomic mass is 9.98. The minimum atomic E-state index is 0.152. The number of thioether (sulfide) groups is 1. The van der Waals surface area contributed by atoms with Crippen molar-refractivity contribution in [3.8, 4) is 6.07 Å². The molecule has 68 valence electrons. The largest absolute Gasteiger partial charge is 0.198 e. The Morgan fingerprint density at radius 3 is 2.50 bits per heavy atom. The highest BCUT2D eigenvalue weighted by Gasteiger charge is 2.03. The van der Waals surface area contributed by atoms with Gasteiger partial charge in [0.2, 0.25) is 0 Å². The molecule has 0 saturated heterocycles. The minimum Gasteiger partial charge on any atom is -0.198 e. The van der Waals surface area contributed by atoms with Crippen LogP contribution in [-0.2, 0) is 0 Å². The molecule has 0 fully saturated rings. The second-order valence-electron chi connectivity index (χ2n) is 4.03. The molecule has 0 aromatic carbocycles. The maximum absolute atomic E-state index is 8.51. The van der Waals surface area contributed by atoms with Crippen molar-refractivity contribution in [2.24, 2.45) is 11.3 Å². The minimum absolute atomic E-state index is 0.152. The summed E-state index contributed by atoms with van der Waals surface area (Å²) in [4.78, 5) is 0. The second-order valence-corrected chi connectivity index (χ2v) is 4.97. The van der Waals surface area contributed by atoms with Gasteiger partial charge >= 0.3 is 0 Å². The lowest BCUT2D eigenvalue weighted by Gasteiger charge is -2.10. The molecule has 1 nitrogen and oxygen atoms in total. The second kappa shape index (κ2) is 5.27. The molecule has 0 bridgehead atoms. The van der Waals surface area contributed by atoms with E-state index >= 15 is 0 Å². The average molecular weight is 183 g/mol. The van der Waals surface area contributed by atoms with Gasteiger partial charge in [0.05, 0.1) is 12.0 Å². The summed E-state index contributed by atoms with van der Waals surface area (Å²) in [5.74, 6) is 1.04. The van der Waals surface area contributed by atoms with Crippen LogP contribution in [0.2, 0.25) is 0 Å². The Morgan fingerprint density at radius 1 is 1.50 bits per heavy atom. The fourth-order valence-electron chi connectivity index (χ4n) is 0.489. The molecule has 0 aromatic rings. The summed E-state index contributed by atoms with van der Waals surface area (Å²) >= 11 is 1.71. The molecule has 0 amide bonds. The van der Waals surface area contributed by atoms with Gasteiger partial charge in [0.15, 0.2) is 0 Å². The van der Waals surface area contributed by atoms with Crippen molar-refractivity contribution in [3.05, 3.63) is 11.5 Å². The Labute approximate surface area is 79.8 Å². The van der Waals surface area contributed by atoms with Crippen LogP contribution in [0.5, 0.6) is 0 Å². The number of nitriles is 1. The zero-order valence-corrected chi connectivity index (χ0v) is 9.11. The molecule has 1 unspecified atom stereocenters. The van der Waals surface area contributed by atoms with E-state index in [0.29, 0.717) is 0 Å². The summed E-state index contributed by atoms with van der Waals surface area (Å²) in [7, 11) is 0. The predicted molar refractivity (Wildman–Crippen MR) is 55.8 cm³/mol. The maximum Gasteiger partial charge on any atom is 0.0661 e. The molecule has 0 aliphatic rings. The molecule has 0 aliphatic heterocycles. The third-order valence-electron chi connectivity index (χ3n) is 1.23. The monoisotopic (exact) mass is 183 g/mol. The van der Waals surface area contributed by atoms with Crippen LogP contribution in [0, 0.1) is 22.7 Å². The van der Waals surface area contributed by atoms with Crippen molar-refractivity contribution < 1.29 is 0 Å². The molecule has 0 N–H and O–H groups in total. The zero-order chi connectivity index (χ0) is 9.61. The quantitative estimate of drug-likeness (QED) is 0.669. The Bertz CT molecular complexity index is 183. The van der Waals surface area contributed by atoms with Crippen molar-refractivity contribution in [3.63, 3.8) is 0 Å². The van der Waals surface area contributed by atoms with Gasteiger partial charge in [-0.1, -0.05) is 26.8 Å². The van der Waals surface area contributed by atoms with Crippen molar-refractivity contribution in [2.75, 3.05) is 5.75 Å². The normalized spacial score (nSPS) is 14.6. The first-order chi connectivity index (χ1) is 5.45. The van der Waals surface area contributed by atoms with Gasteiger partial charge in [-0.3, -0.25) is 0 Å². The van der Waals surface area contributed by atoms with Gasteiger partial charge in [-0.15, -0.1) is 11.8 Å². The van der Waals surface area contributed by atoms with Crippen LogP contribution in [0.15, 0.2) is 11.5 Å². The Hall–Kier alpha value is -0.420. The van der Waals surface area contributed by atoms with Crippen LogP contribution in [0.3, 0.4) is 0 Å². The van der Waals surface area contributed by atoms with Gasteiger partial charge in [0.1, 0.15) is 0 Å². The Morgan fingerprint density at radius 2 is 2.08 bits per heavy atom. The highest BCUT2D eigenvalue weighted by atomic mass is 32.2. The van der Waals surface area contributed by atoms with Crippen LogP contribution in [0.1, 0.15) is 27.7 Å². The third-order valence-corrected chi connectivity index (χ3v) is 2.25. The highest BCUT2D eigenvalue weighted by Crippen LogP contribution is 2.18. The van der Waals surface area contributed by atoms with E-state index in [1.807, 2.05) is 6.92 Å². The number of rotatable bonds is 3. The summed E-state index contributed by atoms with van der Waals surface area (Å²) in [5, 5.41) is 10.6. The highest BCUT2D eigenvalue weighted by molar-refractivity contribution is 8.02. The van der Waals surface area contributed by atoms with E-state index in [1.54, 1.807) is 11.8 Å². The lowest BCUT2D eigenvalue weighted by molar-refractivity contribution is 0.545. The van der Waals surface area contributed by atoms with Gasteiger partial charge in [-0.2, -0.15) is 5.26 Å². The molecule has 0 spiro atoms. The predicted octanol–water partition coefficient (Wildman–Crippen LogP) is 3.44. The first-order valence-electron chi connectivity index (χ1n) is 4.14. The zero-order valence-electron chi connectivity index (χ0n) is 8.29. The Kier molecular flexibility index (Phi) is 5.08. The first-order valence-corrected chi connectivity index (χ1v) is 5.19. The molecule has 0 aromatic heterocycles. The van der Waals surface area contributed by atoms with E-state index in [-0.39, 0.29) is 11.3 Å². The van der Waals surface area contributed by atoms with E-state index in [1.165, 1.54) is 0 Å². The van der Waals surface area contributed by atoms with E-state index < -0.39 is 0 Å². The van der Waals surface area contributed by atoms with Crippen LogP contribution in [0.25, 0.3) is 0 Å². The molecule has 0 aliphatic carbocycles. The van der Waals surface area contributed by atoms with Crippen LogP contribution < -0.4 is 0 Å².